The molecule has 2 aromatic carbocycles. The molecule has 0 saturated heterocycles. The second-order valence-corrected chi connectivity index (χ2v) is 6.65. The highest BCUT2D eigenvalue weighted by Gasteiger charge is 2.44. The first-order chi connectivity index (χ1) is 13.6. The Morgan fingerprint density at radius 2 is 1.79 bits per heavy atom. The topological polar surface area (TPSA) is 97.2 Å². The lowest BCUT2D eigenvalue weighted by molar-refractivity contribution is -0.136. The zero-order valence-corrected chi connectivity index (χ0v) is 15.5. The Labute approximate surface area is 162 Å². The lowest BCUT2D eigenvalue weighted by Crippen LogP contribution is -2.46. The van der Waals surface area contributed by atoms with Gasteiger partial charge < -0.3 is 29.7 Å². The zero-order valence-electron chi connectivity index (χ0n) is 15.5. The molecule has 0 aromatic heterocycles. The Hall–Kier alpha value is -3.03. The van der Waals surface area contributed by atoms with Crippen LogP contribution in [-0.4, -0.2) is 49.0 Å². The molecular formula is C21H21NO6. The van der Waals surface area contributed by atoms with E-state index in [1.807, 2.05) is 36.4 Å². The third kappa shape index (κ3) is 2.80. The van der Waals surface area contributed by atoms with Crippen molar-refractivity contribution in [1.82, 2.24) is 0 Å². The van der Waals surface area contributed by atoms with Crippen LogP contribution in [-0.2, 0) is 9.53 Å². The monoisotopic (exact) mass is 383 g/mol. The summed E-state index contributed by atoms with van der Waals surface area (Å²) in [7, 11) is 3.10. The number of fused-ring (bicyclic) bond motifs is 1. The van der Waals surface area contributed by atoms with Crippen molar-refractivity contribution >= 4 is 11.5 Å². The van der Waals surface area contributed by atoms with E-state index in [1.165, 1.54) is 0 Å². The molecule has 0 unspecified atom stereocenters. The van der Waals surface area contributed by atoms with Gasteiger partial charge >= 0.3 is 0 Å². The summed E-state index contributed by atoms with van der Waals surface area (Å²) in [5.74, 6) is 0.371. The summed E-state index contributed by atoms with van der Waals surface area (Å²) in [5.41, 5.74) is 2.69. The molecule has 0 radical (unpaired) electrons. The van der Waals surface area contributed by atoms with Gasteiger partial charge in [0.25, 0.3) is 0 Å². The fourth-order valence-corrected chi connectivity index (χ4v) is 3.74. The number of benzene rings is 2. The number of hydrogen-bond acceptors (Lipinski definition) is 7. The van der Waals surface area contributed by atoms with Gasteiger partial charge in [-0.15, -0.1) is 0 Å². The first kappa shape index (κ1) is 18.3. The molecule has 28 heavy (non-hydrogen) atoms. The van der Waals surface area contributed by atoms with Gasteiger partial charge in [-0.1, -0.05) is 30.3 Å². The van der Waals surface area contributed by atoms with Gasteiger partial charge in [0.2, 0.25) is 0 Å². The largest absolute Gasteiger partial charge is 0.493 e. The Balaban J connectivity index is 1.94. The van der Waals surface area contributed by atoms with E-state index in [9.17, 15) is 15.0 Å². The second kappa shape index (κ2) is 7.18. The van der Waals surface area contributed by atoms with Crippen molar-refractivity contribution in [3.63, 3.8) is 0 Å². The van der Waals surface area contributed by atoms with Crippen LogP contribution in [0.5, 0.6) is 11.5 Å². The molecule has 2 heterocycles. The maximum Gasteiger partial charge on any atom is 0.199 e. The van der Waals surface area contributed by atoms with Crippen molar-refractivity contribution in [1.29, 1.82) is 0 Å². The Kier molecular flexibility index (Phi) is 4.70. The molecule has 0 amide bonds. The standard InChI is InChI=1S/C21H21NO6/c1-26-14-8-12-13(9-15(14)27-2)22-21-18(17(12)11-6-4-3-5-7-11)20(25)19(24)16(10-23)28-21/h3-9,16-17,19,22-24H,10H2,1-2H3/t16-,17+,19-/m1/s1. The SMILES string of the molecule is COc1cc2c(cc1OC)[C@H](c1ccccc1)C1=C(N2)O[C@H](CO)[C@@H](O)C1=O. The van der Waals surface area contributed by atoms with Crippen LogP contribution < -0.4 is 14.8 Å². The number of hydrogen-bond donors (Lipinski definition) is 3. The number of anilines is 1. The van der Waals surface area contributed by atoms with Crippen molar-refractivity contribution in [3.8, 4) is 11.5 Å². The lowest BCUT2D eigenvalue weighted by Gasteiger charge is -2.38. The molecule has 0 aliphatic carbocycles. The van der Waals surface area contributed by atoms with Gasteiger partial charge in [0.1, 0.15) is 0 Å². The maximum atomic E-state index is 13.0. The molecule has 7 nitrogen and oxygen atoms in total. The third-order valence-electron chi connectivity index (χ3n) is 5.12. The quantitative estimate of drug-likeness (QED) is 0.741. The molecule has 3 N–H and O–H groups in total. The Morgan fingerprint density at radius 1 is 1.11 bits per heavy atom. The molecule has 2 aliphatic heterocycles. The lowest BCUT2D eigenvalue weighted by atomic mass is 9.78. The van der Waals surface area contributed by atoms with Crippen LogP contribution in [0.2, 0.25) is 0 Å². The maximum absolute atomic E-state index is 13.0. The van der Waals surface area contributed by atoms with E-state index in [2.05, 4.69) is 5.32 Å². The molecule has 7 heteroatoms. The molecular weight excluding hydrogens is 362 g/mol. The van der Waals surface area contributed by atoms with Crippen molar-refractivity contribution in [3.05, 3.63) is 65.0 Å². The summed E-state index contributed by atoms with van der Waals surface area (Å²) >= 11 is 0. The molecule has 146 valence electrons. The number of methoxy groups -OCH3 is 2. The first-order valence-corrected chi connectivity index (χ1v) is 8.90. The van der Waals surface area contributed by atoms with Crippen LogP contribution in [0.25, 0.3) is 0 Å². The van der Waals surface area contributed by atoms with Crippen molar-refractivity contribution in [2.75, 3.05) is 26.1 Å². The average molecular weight is 383 g/mol. The third-order valence-corrected chi connectivity index (χ3v) is 5.12. The second-order valence-electron chi connectivity index (χ2n) is 6.65. The van der Waals surface area contributed by atoms with Gasteiger partial charge in [0.15, 0.2) is 35.4 Å². The summed E-state index contributed by atoms with van der Waals surface area (Å²) in [6.07, 6.45) is -2.45. The van der Waals surface area contributed by atoms with E-state index in [0.29, 0.717) is 22.8 Å². The fourth-order valence-electron chi connectivity index (χ4n) is 3.74. The van der Waals surface area contributed by atoms with Gasteiger partial charge in [-0.25, -0.2) is 0 Å². The smallest absolute Gasteiger partial charge is 0.199 e. The van der Waals surface area contributed by atoms with Crippen LogP contribution >= 0.6 is 0 Å². The predicted octanol–water partition coefficient (Wildman–Crippen LogP) is 1.79. The number of aliphatic hydroxyl groups excluding tert-OH is 2. The molecule has 0 saturated carbocycles. The van der Waals surface area contributed by atoms with Crippen molar-refractivity contribution < 1.29 is 29.2 Å². The molecule has 3 atom stereocenters. The molecule has 0 bridgehead atoms. The molecule has 2 aromatic rings. The van der Waals surface area contributed by atoms with E-state index in [4.69, 9.17) is 14.2 Å². The minimum absolute atomic E-state index is 0.239. The first-order valence-electron chi connectivity index (χ1n) is 8.90. The Morgan fingerprint density at radius 3 is 2.43 bits per heavy atom. The number of aliphatic hydroxyl groups is 2. The molecule has 2 aliphatic rings. The highest BCUT2D eigenvalue weighted by Crippen LogP contribution is 2.48. The van der Waals surface area contributed by atoms with Gasteiger partial charge in [0.05, 0.1) is 26.4 Å². The van der Waals surface area contributed by atoms with Gasteiger partial charge in [0, 0.05) is 17.7 Å². The average Bonchev–Trinajstić information content (AvgIpc) is 2.74. The summed E-state index contributed by atoms with van der Waals surface area (Å²) in [6, 6.07) is 13.1. The summed E-state index contributed by atoms with van der Waals surface area (Å²) in [4.78, 5) is 13.0. The summed E-state index contributed by atoms with van der Waals surface area (Å²) < 4.78 is 16.6. The molecule has 0 fully saturated rings. The highest BCUT2D eigenvalue weighted by molar-refractivity contribution is 6.04. The number of nitrogens with one attached hydrogen (secondary N) is 1. The van der Waals surface area contributed by atoms with E-state index in [-0.39, 0.29) is 5.88 Å². The van der Waals surface area contributed by atoms with Gasteiger partial charge in [-0.05, 0) is 17.2 Å². The zero-order chi connectivity index (χ0) is 19.8. The normalized spacial score (nSPS) is 23.3. The number of Topliss-reactive ketones (excluding diaryl/α,β-unsaturated/α-hetero) is 1. The predicted molar refractivity (Wildman–Crippen MR) is 101 cm³/mol. The van der Waals surface area contributed by atoms with Crippen LogP contribution in [0.4, 0.5) is 5.69 Å². The fraction of sp³-hybridized carbons (Fsp3) is 0.286. The van der Waals surface area contributed by atoms with E-state index in [1.54, 1.807) is 20.3 Å². The number of carbonyl (C=O) groups is 1. The molecule has 4 rings (SSSR count). The van der Waals surface area contributed by atoms with Gasteiger partial charge in [-0.3, -0.25) is 4.79 Å². The van der Waals surface area contributed by atoms with Crippen molar-refractivity contribution in [2.45, 2.75) is 18.1 Å². The Bertz CT molecular complexity index is 939. The van der Waals surface area contributed by atoms with Crippen molar-refractivity contribution in [2.24, 2.45) is 0 Å². The minimum Gasteiger partial charge on any atom is -0.493 e. The number of rotatable bonds is 4. The van der Waals surface area contributed by atoms with E-state index >= 15 is 0 Å². The number of carbonyl (C=O) groups excluding carboxylic acids is 1. The number of ether oxygens (including phenoxy) is 3. The van der Waals surface area contributed by atoms with Crippen LogP contribution in [0.15, 0.2) is 53.9 Å². The highest BCUT2D eigenvalue weighted by atomic mass is 16.5. The van der Waals surface area contributed by atoms with Crippen LogP contribution in [0.3, 0.4) is 0 Å². The number of ketones is 1. The van der Waals surface area contributed by atoms with E-state index < -0.39 is 30.5 Å². The molecule has 0 spiro atoms. The van der Waals surface area contributed by atoms with Crippen LogP contribution in [0.1, 0.15) is 17.0 Å². The van der Waals surface area contributed by atoms with E-state index in [0.717, 1.165) is 11.1 Å². The summed E-state index contributed by atoms with van der Waals surface area (Å²) in [6.45, 7) is -0.472. The van der Waals surface area contributed by atoms with Gasteiger partial charge in [-0.2, -0.15) is 0 Å². The summed E-state index contributed by atoms with van der Waals surface area (Å²) in [5, 5.41) is 22.9. The minimum atomic E-state index is -1.43. The van der Waals surface area contributed by atoms with Crippen LogP contribution in [0, 0.1) is 0 Å².